The van der Waals surface area contributed by atoms with E-state index in [1.54, 1.807) is 30.3 Å². The van der Waals surface area contributed by atoms with Crippen LogP contribution in [0.3, 0.4) is 0 Å². The summed E-state index contributed by atoms with van der Waals surface area (Å²) in [6.45, 7) is 2.36. The lowest BCUT2D eigenvalue weighted by Crippen LogP contribution is -2.14. The summed E-state index contributed by atoms with van der Waals surface area (Å²) in [5.74, 6) is 0.594. The lowest BCUT2D eigenvalue weighted by Gasteiger charge is -2.12. The Bertz CT molecular complexity index is 1160. The van der Waals surface area contributed by atoms with Crippen LogP contribution >= 0.6 is 11.6 Å². The van der Waals surface area contributed by atoms with Gasteiger partial charge in [0.1, 0.15) is 18.2 Å². The van der Waals surface area contributed by atoms with Crippen LogP contribution in [0.25, 0.3) is 6.08 Å². The Morgan fingerprint density at radius 1 is 1.09 bits per heavy atom. The monoisotopic (exact) mass is 446 g/mol. The number of carbonyl (C=O) groups excluding carboxylic acids is 1. The number of hydrogen-bond donors (Lipinski definition) is 1. The molecule has 1 amide bonds. The van der Waals surface area contributed by atoms with Gasteiger partial charge in [0.2, 0.25) is 0 Å². The number of amides is 1. The number of para-hydroxylation sites is 1. The first-order valence-electron chi connectivity index (χ1n) is 10.1. The van der Waals surface area contributed by atoms with E-state index in [2.05, 4.69) is 5.32 Å². The number of aryl methyl sites for hydroxylation is 1. The maximum absolute atomic E-state index is 12.7. The number of nitrogens with zero attached hydrogens (tertiary/aromatic N) is 1. The number of anilines is 1. The van der Waals surface area contributed by atoms with E-state index in [9.17, 15) is 10.1 Å². The van der Waals surface area contributed by atoms with Crippen molar-refractivity contribution in [2.45, 2.75) is 20.0 Å². The van der Waals surface area contributed by atoms with Crippen LogP contribution in [-0.2, 0) is 17.8 Å². The SMILES string of the molecule is CCc1ccccc1NC(=O)/C(C#N)=C/c1ccc(OCc2ccc(Cl)cc2)c(OC)c1. The molecule has 0 saturated heterocycles. The maximum atomic E-state index is 12.7. The molecule has 0 radical (unpaired) electrons. The average Bonchev–Trinajstić information content (AvgIpc) is 2.82. The van der Waals surface area contributed by atoms with Crippen LogP contribution in [0.5, 0.6) is 11.5 Å². The fourth-order valence-corrected chi connectivity index (χ4v) is 3.22. The lowest BCUT2D eigenvalue weighted by atomic mass is 10.1. The highest BCUT2D eigenvalue weighted by atomic mass is 35.5. The molecule has 0 atom stereocenters. The number of benzene rings is 3. The van der Waals surface area contributed by atoms with Crippen LogP contribution < -0.4 is 14.8 Å². The van der Waals surface area contributed by atoms with Crippen molar-refractivity contribution in [2.75, 3.05) is 12.4 Å². The number of hydrogen-bond acceptors (Lipinski definition) is 4. The molecule has 3 aromatic carbocycles. The molecule has 0 fully saturated rings. The van der Waals surface area contributed by atoms with Gasteiger partial charge in [-0.05, 0) is 59.5 Å². The van der Waals surface area contributed by atoms with E-state index < -0.39 is 5.91 Å². The van der Waals surface area contributed by atoms with Crippen LogP contribution in [0, 0.1) is 11.3 Å². The second-order valence-corrected chi connectivity index (χ2v) is 7.40. The molecule has 162 valence electrons. The van der Waals surface area contributed by atoms with Crippen molar-refractivity contribution < 1.29 is 14.3 Å². The molecule has 0 bridgehead atoms. The zero-order chi connectivity index (χ0) is 22.9. The minimum absolute atomic E-state index is 0.00667. The highest BCUT2D eigenvalue weighted by molar-refractivity contribution is 6.30. The van der Waals surface area contributed by atoms with Gasteiger partial charge >= 0.3 is 0 Å². The van der Waals surface area contributed by atoms with E-state index in [4.69, 9.17) is 21.1 Å². The van der Waals surface area contributed by atoms with Crippen LogP contribution in [0.15, 0.2) is 72.3 Å². The first kappa shape index (κ1) is 22.9. The standard InChI is InChI=1S/C26H23ClN2O3/c1-3-20-6-4-5-7-23(20)29-26(30)21(16-28)14-19-10-13-24(25(15-19)31-2)32-17-18-8-11-22(27)12-9-18/h4-15H,3,17H2,1-2H3,(H,29,30)/b21-14+. The van der Waals surface area contributed by atoms with Gasteiger partial charge in [-0.15, -0.1) is 0 Å². The molecule has 0 aliphatic heterocycles. The van der Waals surface area contributed by atoms with E-state index in [0.29, 0.717) is 34.4 Å². The quantitative estimate of drug-likeness (QED) is 0.338. The van der Waals surface area contributed by atoms with Crippen molar-refractivity contribution in [3.63, 3.8) is 0 Å². The van der Waals surface area contributed by atoms with E-state index in [1.165, 1.54) is 13.2 Å². The molecule has 3 aromatic rings. The van der Waals surface area contributed by atoms with E-state index in [-0.39, 0.29) is 5.57 Å². The van der Waals surface area contributed by atoms with E-state index >= 15 is 0 Å². The minimum Gasteiger partial charge on any atom is -0.493 e. The van der Waals surface area contributed by atoms with Gasteiger partial charge in [-0.3, -0.25) is 4.79 Å². The van der Waals surface area contributed by atoms with Crippen molar-refractivity contribution in [2.24, 2.45) is 0 Å². The zero-order valence-electron chi connectivity index (χ0n) is 17.9. The van der Waals surface area contributed by atoms with Crippen molar-refractivity contribution >= 4 is 29.3 Å². The highest BCUT2D eigenvalue weighted by Gasteiger charge is 2.13. The summed E-state index contributed by atoms with van der Waals surface area (Å²) in [6, 6.07) is 22.1. The molecule has 0 aliphatic rings. The molecule has 6 heteroatoms. The maximum Gasteiger partial charge on any atom is 0.266 e. The Balaban J connectivity index is 1.76. The predicted octanol–water partition coefficient (Wildman–Crippen LogP) is 6.04. The van der Waals surface area contributed by atoms with Gasteiger partial charge in [-0.2, -0.15) is 5.26 Å². The molecule has 0 spiro atoms. The Morgan fingerprint density at radius 2 is 1.84 bits per heavy atom. The van der Waals surface area contributed by atoms with Crippen molar-refractivity contribution in [3.05, 3.63) is 94.0 Å². The first-order valence-corrected chi connectivity index (χ1v) is 10.5. The summed E-state index contributed by atoms with van der Waals surface area (Å²) >= 11 is 5.91. The number of nitrogens with one attached hydrogen (secondary N) is 1. The van der Waals surface area contributed by atoms with Crippen LogP contribution in [-0.4, -0.2) is 13.0 Å². The summed E-state index contributed by atoms with van der Waals surface area (Å²) in [6.07, 6.45) is 2.30. The van der Waals surface area contributed by atoms with Crippen molar-refractivity contribution in [1.82, 2.24) is 0 Å². The van der Waals surface area contributed by atoms with Gasteiger partial charge in [-0.25, -0.2) is 0 Å². The number of methoxy groups -OCH3 is 1. The molecule has 0 saturated carbocycles. The van der Waals surface area contributed by atoms with Gasteiger partial charge in [0.15, 0.2) is 11.5 Å². The molecule has 0 heterocycles. The molecular formula is C26H23ClN2O3. The third kappa shape index (κ3) is 5.90. The molecule has 32 heavy (non-hydrogen) atoms. The Hall–Kier alpha value is -3.75. The van der Waals surface area contributed by atoms with Crippen molar-refractivity contribution in [3.8, 4) is 17.6 Å². The van der Waals surface area contributed by atoms with Gasteiger partial charge in [0, 0.05) is 10.7 Å². The topological polar surface area (TPSA) is 71.4 Å². The average molecular weight is 447 g/mol. The number of halogens is 1. The molecule has 0 aliphatic carbocycles. The summed E-state index contributed by atoms with van der Waals surface area (Å²) in [5.41, 5.74) is 3.31. The van der Waals surface area contributed by atoms with Crippen LogP contribution in [0.1, 0.15) is 23.6 Å². The van der Waals surface area contributed by atoms with Crippen LogP contribution in [0.2, 0.25) is 5.02 Å². The number of carbonyl (C=O) groups is 1. The summed E-state index contributed by atoms with van der Waals surface area (Å²) in [4.78, 5) is 12.7. The fourth-order valence-electron chi connectivity index (χ4n) is 3.09. The molecule has 0 aromatic heterocycles. The van der Waals surface area contributed by atoms with E-state index in [0.717, 1.165) is 17.5 Å². The molecule has 0 unspecified atom stereocenters. The minimum atomic E-state index is -0.463. The number of nitriles is 1. The Morgan fingerprint density at radius 3 is 2.53 bits per heavy atom. The smallest absolute Gasteiger partial charge is 0.266 e. The third-order valence-electron chi connectivity index (χ3n) is 4.82. The van der Waals surface area contributed by atoms with Gasteiger partial charge < -0.3 is 14.8 Å². The first-order chi connectivity index (χ1) is 15.5. The molecule has 5 nitrogen and oxygen atoms in total. The van der Waals surface area contributed by atoms with Gasteiger partial charge in [0.05, 0.1) is 7.11 Å². The lowest BCUT2D eigenvalue weighted by molar-refractivity contribution is -0.112. The zero-order valence-corrected chi connectivity index (χ0v) is 18.6. The Kier molecular flexibility index (Phi) is 7.91. The third-order valence-corrected chi connectivity index (χ3v) is 5.07. The van der Waals surface area contributed by atoms with Gasteiger partial charge in [0.25, 0.3) is 5.91 Å². The fraction of sp³-hybridized carbons (Fsp3) is 0.154. The normalized spacial score (nSPS) is 10.9. The summed E-state index contributed by atoms with van der Waals surface area (Å²) < 4.78 is 11.3. The summed E-state index contributed by atoms with van der Waals surface area (Å²) in [5, 5.41) is 13.0. The number of rotatable bonds is 8. The second-order valence-electron chi connectivity index (χ2n) is 6.96. The number of ether oxygens (including phenoxy) is 2. The molecule has 1 N–H and O–H groups in total. The predicted molar refractivity (Wildman–Crippen MR) is 127 cm³/mol. The van der Waals surface area contributed by atoms with Gasteiger partial charge in [-0.1, -0.05) is 54.9 Å². The second kappa shape index (κ2) is 11.0. The molecule has 3 rings (SSSR count). The Labute approximate surface area is 192 Å². The molecular weight excluding hydrogens is 424 g/mol. The van der Waals surface area contributed by atoms with E-state index in [1.807, 2.05) is 49.4 Å². The largest absolute Gasteiger partial charge is 0.493 e. The highest BCUT2D eigenvalue weighted by Crippen LogP contribution is 2.30. The summed E-state index contributed by atoms with van der Waals surface area (Å²) in [7, 11) is 1.54. The van der Waals surface area contributed by atoms with Crippen molar-refractivity contribution in [1.29, 1.82) is 5.26 Å². The van der Waals surface area contributed by atoms with Crippen LogP contribution in [0.4, 0.5) is 5.69 Å².